The molecule has 0 aromatic heterocycles. The number of unbranched alkanes of at least 4 members (excludes halogenated alkanes) is 2. The van der Waals surface area contributed by atoms with Gasteiger partial charge in [0.2, 0.25) is 0 Å². The van der Waals surface area contributed by atoms with E-state index in [2.05, 4.69) is 12.2 Å². The van der Waals surface area contributed by atoms with Crippen molar-refractivity contribution >= 4 is 17.1 Å². The van der Waals surface area contributed by atoms with Crippen LogP contribution in [0.2, 0.25) is 0 Å². The van der Waals surface area contributed by atoms with Crippen molar-refractivity contribution in [1.29, 1.82) is 0 Å². The van der Waals surface area contributed by atoms with Gasteiger partial charge in [0.1, 0.15) is 5.69 Å². The zero-order valence-corrected chi connectivity index (χ0v) is 19.2. The fourth-order valence-electron chi connectivity index (χ4n) is 2.63. The maximum absolute atomic E-state index is 11.1. The second-order valence-corrected chi connectivity index (χ2v) is 6.91. The Morgan fingerprint density at radius 2 is 1.24 bits per heavy atom. The number of nitro benzene ring substituents is 2. The van der Waals surface area contributed by atoms with Crippen LogP contribution in [0.15, 0.2) is 18.2 Å². The third kappa shape index (κ3) is 14.4. The molecule has 0 aliphatic heterocycles. The molecule has 0 spiro atoms. The van der Waals surface area contributed by atoms with Gasteiger partial charge in [-0.05, 0) is 12.5 Å². The highest BCUT2D eigenvalue weighted by Gasteiger charge is 2.18. The lowest BCUT2D eigenvalue weighted by Gasteiger charge is -2.09. The first-order valence-corrected chi connectivity index (χ1v) is 11.1. The van der Waals surface area contributed by atoms with Crippen molar-refractivity contribution in [3.63, 3.8) is 0 Å². The highest BCUT2D eigenvalue weighted by Crippen LogP contribution is 2.28. The molecule has 0 atom stereocenters. The minimum atomic E-state index is -0.675. The molecule has 1 aromatic rings. The number of non-ortho nitro benzene ring substituents is 1. The molecule has 0 radical (unpaired) electrons. The molecule has 1 rings (SSSR count). The number of hydrogen-bond acceptors (Lipinski definition) is 10. The summed E-state index contributed by atoms with van der Waals surface area (Å²) >= 11 is 0. The molecule has 33 heavy (non-hydrogen) atoms. The summed E-state index contributed by atoms with van der Waals surface area (Å²) in [5.74, 6) is 0. The Labute approximate surface area is 193 Å². The second kappa shape index (κ2) is 19.1. The largest absolute Gasteiger partial charge is 0.379 e. The summed E-state index contributed by atoms with van der Waals surface area (Å²) in [6.07, 6.45) is 3.47. The van der Waals surface area contributed by atoms with E-state index in [1.165, 1.54) is 25.0 Å². The third-order valence-electron chi connectivity index (χ3n) is 4.33. The lowest BCUT2D eigenvalue weighted by Crippen LogP contribution is -2.15. The number of nitrogens with zero attached hydrogens (tertiary/aromatic N) is 2. The Hall–Kier alpha value is -2.38. The number of rotatable bonds is 22. The molecule has 12 heteroatoms. The lowest BCUT2D eigenvalue weighted by molar-refractivity contribution is -0.393. The van der Waals surface area contributed by atoms with Crippen molar-refractivity contribution in [3.05, 3.63) is 38.4 Å². The Morgan fingerprint density at radius 1 is 0.727 bits per heavy atom. The summed E-state index contributed by atoms with van der Waals surface area (Å²) in [5.41, 5.74) is -0.486. The highest BCUT2D eigenvalue weighted by molar-refractivity contribution is 5.65. The standard InChI is InChI=1S/C21H35N3O9/c1-2-3-4-8-29-10-12-31-14-16-33-17-15-32-13-11-30-9-7-22-20-6-5-19(23(25)26)18-21(20)24(27)28/h5-6,18,22H,2-4,7-17H2,1H3. The first kappa shape index (κ1) is 28.7. The fourth-order valence-corrected chi connectivity index (χ4v) is 2.63. The average Bonchev–Trinajstić information content (AvgIpc) is 2.80. The van der Waals surface area contributed by atoms with Crippen molar-refractivity contribution in [3.8, 4) is 0 Å². The SMILES string of the molecule is CCCCCOCCOCCOCCOCCOCCNc1ccc([N+](=O)[O-])cc1[N+](=O)[O-]. The van der Waals surface area contributed by atoms with Crippen LogP contribution in [-0.4, -0.2) is 82.5 Å². The van der Waals surface area contributed by atoms with Gasteiger partial charge in [-0.2, -0.15) is 0 Å². The quantitative estimate of drug-likeness (QED) is 0.151. The molecule has 0 aliphatic carbocycles. The van der Waals surface area contributed by atoms with Gasteiger partial charge in [-0.3, -0.25) is 20.2 Å². The summed E-state index contributed by atoms with van der Waals surface area (Å²) in [6, 6.07) is 3.45. The van der Waals surface area contributed by atoms with Gasteiger partial charge in [0.15, 0.2) is 0 Å². The van der Waals surface area contributed by atoms with E-state index in [-0.39, 0.29) is 17.1 Å². The number of hydrogen-bond donors (Lipinski definition) is 1. The van der Waals surface area contributed by atoms with Crippen LogP contribution in [0.25, 0.3) is 0 Å². The Morgan fingerprint density at radius 3 is 1.73 bits per heavy atom. The molecule has 0 fully saturated rings. The van der Waals surface area contributed by atoms with E-state index >= 15 is 0 Å². The van der Waals surface area contributed by atoms with Gasteiger partial charge in [0, 0.05) is 19.2 Å². The van der Waals surface area contributed by atoms with Crippen molar-refractivity contribution < 1.29 is 33.5 Å². The van der Waals surface area contributed by atoms with Gasteiger partial charge >= 0.3 is 0 Å². The molecule has 0 bridgehead atoms. The molecule has 1 N–H and O–H groups in total. The van der Waals surface area contributed by atoms with Crippen LogP contribution >= 0.6 is 0 Å². The van der Waals surface area contributed by atoms with E-state index < -0.39 is 9.85 Å². The predicted octanol–water partition coefficient (Wildman–Crippen LogP) is 3.19. The van der Waals surface area contributed by atoms with Gasteiger partial charge in [-0.15, -0.1) is 0 Å². The van der Waals surface area contributed by atoms with E-state index in [9.17, 15) is 20.2 Å². The van der Waals surface area contributed by atoms with Gasteiger partial charge in [-0.1, -0.05) is 19.8 Å². The predicted molar refractivity (Wildman–Crippen MR) is 122 cm³/mol. The lowest BCUT2D eigenvalue weighted by atomic mass is 10.2. The fraction of sp³-hybridized carbons (Fsp3) is 0.714. The Kier molecular flexibility index (Phi) is 16.6. The van der Waals surface area contributed by atoms with Crippen molar-refractivity contribution in [2.75, 3.05) is 77.9 Å². The van der Waals surface area contributed by atoms with Crippen molar-refractivity contribution in [1.82, 2.24) is 0 Å². The molecule has 0 saturated carbocycles. The van der Waals surface area contributed by atoms with Crippen molar-refractivity contribution in [2.24, 2.45) is 0 Å². The number of anilines is 1. The van der Waals surface area contributed by atoms with E-state index in [1.807, 2.05) is 0 Å². The monoisotopic (exact) mass is 473 g/mol. The van der Waals surface area contributed by atoms with Crippen molar-refractivity contribution in [2.45, 2.75) is 26.2 Å². The zero-order valence-electron chi connectivity index (χ0n) is 19.2. The summed E-state index contributed by atoms with van der Waals surface area (Å²) in [6.45, 7) is 7.40. The van der Waals surface area contributed by atoms with Gasteiger partial charge in [0.25, 0.3) is 11.4 Å². The van der Waals surface area contributed by atoms with Crippen LogP contribution in [0.3, 0.4) is 0 Å². The Balaban J connectivity index is 1.92. The van der Waals surface area contributed by atoms with E-state index in [0.717, 1.165) is 19.1 Å². The maximum Gasteiger partial charge on any atom is 0.299 e. The summed E-state index contributed by atoms with van der Waals surface area (Å²) < 4.78 is 27.0. The van der Waals surface area contributed by atoms with Crippen LogP contribution < -0.4 is 5.32 Å². The average molecular weight is 474 g/mol. The molecule has 0 unspecified atom stereocenters. The molecule has 0 amide bonds. The number of nitrogens with one attached hydrogen (secondary N) is 1. The molecule has 188 valence electrons. The van der Waals surface area contributed by atoms with Crippen LogP contribution in [0.1, 0.15) is 26.2 Å². The number of ether oxygens (including phenoxy) is 5. The topological polar surface area (TPSA) is 144 Å². The summed E-state index contributed by atoms with van der Waals surface area (Å²) in [4.78, 5) is 20.5. The van der Waals surface area contributed by atoms with Crippen LogP contribution in [0.5, 0.6) is 0 Å². The van der Waals surface area contributed by atoms with E-state index in [1.54, 1.807) is 0 Å². The minimum absolute atomic E-state index is 0.200. The molecule has 1 aromatic carbocycles. The minimum Gasteiger partial charge on any atom is -0.379 e. The van der Waals surface area contributed by atoms with Gasteiger partial charge in [-0.25, -0.2) is 0 Å². The maximum atomic E-state index is 11.1. The zero-order chi connectivity index (χ0) is 24.2. The first-order chi connectivity index (χ1) is 16.1. The molecular formula is C21H35N3O9. The van der Waals surface area contributed by atoms with Gasteiger partial charge in [0.05, 0.1) is 75.4 Å². The second-order valence-electron chi connectivity index (χ2n) is 6.91. The van der Waals surface area contributed by atoms with Crippen LogP contribution in [-0.2, 0) is 23.7 Å². The highest BCUT2D eigenvalue weighted by atomic mass is 16.6. The van der Waals surface area contributed by atoms with Crippen LogP contribution in [0, 0.1) is 20.2 Å². The Bertz CT molecular complexity index is 676. The smallest absolute Gasteiger partial charge is 0.299 e. The third-order valence-corrected chi connectivity index (χ3v) is 4.33. The number of benzene rings is 1. The van der Waals surface area contributed by atoms with Crippen LogP contribution in [0.4, 0.5) is 17.1 Å². The van der Waals surface area contributed by atoms with E-state index in [0.29, 0.717) is 66.0 Å². The molecule has 0 heterocycles. The normalized spacial score (nSPS) is 10.9. The number of nitro groups is 2. The molecular weight excluding hydrogens is 438 g/mol. The summed E-state index contributed by atoms with van der Waals surface area (Å²) in [7, 11) is 0. The molecule has 12 nitrogen and oxygen atoms in total. The molecule has 0 saturated heterocycles. The summed E-state index contributed by atoms with van der Waals surface area (Å²) in [5, 5.41) is 24.7. The molecule has 0 aliphatic rings. The van der Waals surface area contributed by atoms with E-state index in [4.69, 9.17) is 23.7 Å². The van der Waals surface area contributed by atoms with Gasteiger partial charge < -0.3 is 29.0 Å². The first-order valence-electron chi connectivity index (χ1n) is 11.1.